The van der Waals surface area contributed by atoms with E-state index in [2.05, 4.69) is 10.3 Å². The van der Waals surface area contributed by atoms with Gasteiger partial charge in [0.25, 0.3) is 0 Å². The van der Waals surface area contributed by atoms with Crippen LogP contribution in [0.15, 0.2) is 36.5 Å². The highest BCUT2D eigenvalue weighted by Crippen LogP contribution is 2.29. The van der Waals surface area contributed by atoms with E-state index in [9.17, 15) is 5.11 Å². The van der Waals surface area contributed by atoms with Crippen LogP contribution in [0.4, 0.5) is 11.5 Å². The first-order chi connectivity index (χ1) is 11.5. The number of benzene rings is 1. The zero-order valence-electron chi connectivity index (χ0n) is 13.9. The number of anilines is 2. The number of nitrogens with zero attached hydrogens (tertiary/aromatic N) is 1. The van der Waals surface area contributed by atoms with Gasteiger partial charge in [0.05, 0.1) is 12.3 Å². The molecule has 0 saturated carbocycles. The number of hydrogen-bond acceptors (Lipinski definition) is 6. The molecule has 7 N–H and O–H groups in total. The van der Waals surface area contributed by atoms with E-state index in [1.54, 1.807) is 0 Å². The lowest BCUT2D eigenvalue weighted by molar-refractivity contribution is 0.281. The van der Waals surface area contributed by atoms with Gasteiger partial charge >= 0.3 is 0 Å². The second-order valence-corrected chi connectivity index (χ2v) is 5.69. The number of pyridine rings is 1. The molecule has 1 unspecified atom stereocenters. The molecule has 6 nitrogen and oxygen atoms in total. The minimum atomic E-state index is -0.146. The van der Waals surface area contributed by atoms with Gasteiger partial charge in [-0.15, -0.1) is 0 Å². The van der Waals surface area contributed by atoms with Crippen LogP contribution in [0.25, 0.3) is 16.7 Å². The van der Waals surface area contributed by atoms with Gasteiger partial charge in [0, 0.05) is 29.7 Å². The van der Waals surface area contributed by atoms with Gasteiger partial charge in [-0.2, -0.15) is 0 Å². The van der Waals surface area contributed by atoms with E-state index in [4.69, 9.17) is 16.9 Å². The molecule has 126 valence electrons. The highest BCUT2D eigenvalue weighted by atomic mass is 16.3. The predicted octanol–water partition coefficient (Wildman–Crippen LogP) is 2.38. The summed E-state index contributed by atoms with van der Waals surface area (Å²) in [6, 6.07) is 9.36. The fourth-order valence-corrected chi connectivity index (χ4v) is 2.36. The van der Waals surface area contributed by atoms with Crippen molar-refractivity contribution in [1.82, 2.24) is 4.98 Å². The molecule has 0 bridgehead atoms. The molecule has 0 saturated heterocycles. The summed E-state index contributed by atoms with van der Waals surface area (Å²) in [5.74, 6) is 0.604. The predicted molar refractivity (Wildman–Crippen MR) is 99.9 cm³/mol. The molecule has 0 radical (unpaired) electrons. The van der Waals surface area contributed by atoms with Crippen molar-refractivity contribution in [2.45, 2.75) is 19.9 Å². The number of aromatic nitrogens is 1. The minimum Gasteiger partial charge on any atom is -0.404 e. The first-order valence-electron chi connectivity index (χ1n) is 7.67. The molecule has 1 aromatic carbocycles. The smallest absolute Gasteiger partial charge is 0.127 e. The Balaban J connectivity index is 2.61. The summed E-state index contributed by atoms with van der Waals surface area (Å²) >= 11 is 0. The van der Waals surface area contributed by atoms with E-state index in [1.165, 1.54) is 6.20 Å². The average Bonchev–Trinajstić information content (AvgIpc) is 2.58. The lowest BCUT2D eigenvalue weighted by atomic mass is 9.98. The van der Waals surface area contributed by atoms with E-state index in [0.29, 0.717) is 22.8 Å². The molecule has 1 atom stereocenters. The Labute approximate surface area is 141 Å². The Morgan fingerprint density at radius 2 is 2.12 bits per heavy atom. The van der Waals surface area contributed by atoms with Crippen molar-refractivity contribution in [2.75, 3.05) is 17.7 Å². The summed E-state index contributed by atoms with van der Waals surface area (Å²) in [6.07, 6.45) is 2.52. The molecule has 2 aromatic rings. The third-order valence-corrected chi connectivity index (χ3v) is 3.70. The molecule has 1 heterocycles. The van der Waals surface area contributed by atoms with Crippen LogP contribution in [0.2, 0.25) is 0 Å². The van der Waals surface area contributed by atoms with Crippen molar-refractivity contribution in [2.24, 2.45) is 5.73 Å². The van der Waals surface area contributed by atoms with Crippen molar-refractivity contribution < 1.29 is 5.11 Å². The number of aryl methyl sites for hydroxylation is 1. The first-order valence-corrected chi connectivity index (χ1v) is 7.67. The van der Waals surface area contributed by atoms with Gasteiger partial charge in [0.15, 0.2) is 0 Å². The maximum absolute atomic E-state index is 9.26. The van der Waals surface area contributed by atoms with Crippen LogP contribution in [-0.4, -0.2) is 29.0 Å². The van der Waals surface area contributed by atoms with Gasteiger partial charge in [-0.1, -0.05) is 6.07 Å². The summed E-state index contributed by atoms with van der Waals surface area (Å²) in [6.45, 7) is 3.85. The number of nitrogens with two attached hydrogens (primary N) is 2. The Morgan fingerprint density at radius 3 is 2.75 bits per heavy atom. The molecule has 6 heteroatoms. The first kappa shape index (κ1) is 17.5. The van der Waals surface area contributed by atoms with Crippen molar-refractivity contribution >= 4 is 23.3 Å². The zero-order valence-corrected chi connectivity index (χ0v) is 13.9. The van der Waals surface area contributed by atoms with Crippen LogP contribution >= 0.6 is 0 Å². The molecule has 0 aliphatic rings. The molecule has 0 aliphatic carbocycles. The largest absolute Gasteiger partial charge is 0.404 e. The van der Waals surface area contributed by atoms with Gasteiger partial charge in [0.2, 0.25) is 0 Å². The fraction of sp³-hybridized carbons (Fsp3) is 0.222. The normalized spacial score (nSPS) is 12.7. The Hall–Kier alpha value is -2.86. The molecule has 0 amide bonds. The van der Waals surface area contributed by atoms with Gasteiger partial charge < -0.3 is 27.3 Å². The second kappa shape index (κ2) is 7.61. The molecular formula is C18H23N5O. The SMILES string of the molecule is Cc1ccc(N)cc1-c1cc(NC(C)CO)nc(/C(C=N)=C/N)c1. The molecule has 0 spiro atoms. The summed E-state index contributed by atoms with van der Waals surface area (Å²) in [5.41, 5.74) is 16.3. The average molecular weight is 325 g/mol. The van der Waals surface area contributed by atoms with Crippen molar-refractivity contribution in [3.63, 3.8) is 0 Å². The molecular weight excluding hydrogens is 302 g/mol. The molecule has 0 aliphatic heterocycles. The highest BCUT2D eigenvalue weighted by molar-refractivity contribution is 6.07. The van der Waals surface area contributed by atoms with Crippen LogP contribution in [0.1, 0.15) is 18.2 Å². The van der Waals surface area contributed by atoms with E-state index in [-0.39, 0.29) is 12.6 Å². The maximum Gasteiger partial charge on any atom is 0.127 e. The van der Waals surface area contributed by atoms with E-state index in [1.807, 2.05) is 44.2 Å². The van der Waals surface area contributed by atoms with E-state index in [0.717, 1.165) is 22.9 Å². The van der Waals surface area contributed by atoms with Crippen molar-refractivity contribution in [3.05, 3.63) is 47.8 Å². The second-order valence-electron chi connectivity index (χ2n) is 5.69. The van der Waals surface area contributed by atoms with Gasteiger partial charge in [-0.05, 0) is 54.8 Å². The number of aliphatic hydroxyl groups excluding tert-OH is 1. The van der Waals surface area contributed by atoms with E-state index < -0.39 is 0 Å². The van der Waals surface area contributed by atoms with Gasteiger partial charge in [-0.3, -0.25) is 0 Å². The summed E-state index contributed by atoms with van der Waals surface area (Å²) in [4.78, 5) is 4.49. The monoisotopic (exact) mass is 325 g/mol. The van der Waals surface area contributed by atoms with Crippen LogP contribution in [0, 0.1) is 12.3 Å². The quantitative estimate of drug-likeness (QED) is 0.412. The fourth-order valence-electron chi connectivity index (χ4n) is 2.36. The van der Waals surface area contributed by atoms with Crippen LogP contribution in [0.3, 0.4) is 0 Å². The van der Waals surface area contributed by atoms with Crippen molar-refractivity contribution in [1.29, 1.82) is 5.41 Å². The van der Waals surface area contributed by atoms with Crippen molar-refractivity contribution in [3.8, 4) is 11.1 Å². The highest BCUT2D eigenvalue weighted by Gasteiger charge is 2.11. The van der Waals surface area contributed by atoms with Gasteiger partial charge in [0.1, 0.15) is 5.82 Å². The maximum atomic E-state index is 9.26. The Bertz CT molecular complexity index is 770. The number of allylic oxidation sites excluding steroid dienone is 1. The number of hydrogen-bond donors (Lipinski definition) is 5. The summed E-state index contributed by atoms with van der Waals surface area (Å²) in [5, 5.41) is 19.9. The molecule has 0 fully saturated rings. The lowest BCUT2D eigenvalue weighted by Gasteiger charge is -2.16. The number of nitrogen functional groups attached to an aromatic ring is 1. The Kier molecular flexibility index (Phi) is 5.55. The number of aliphatic hydroxyl groups is 1. The summed E-state index contributed by atoms with van der Waals surface area (Å²) in [7, 11) is 0. The Morgan fingerprint density at radius 1 is 1.38 bits per heavy atom. The van der Waals surface area contributed by atoms with Crippen LogP contribution in [-0.2, 0) is 0 Å². The lowest BCUT2D eigenvalue weighted by Crippen LogP contribution is -2.20. The zero-order chi connectivity index (χ0) is 17.7. The molecule has 24 heavy (non-hydrogen) atoms. The topological polar surface area (TPSA) is 121 Å². The number of rotatable bonds is 6. The summed E-state index contributed by atoms with van der Waals surface area (Å²) < 4.78 is 0. The van der Waals surface area contributed by atoms with Crippen LogP contribution < -0.4 is 16.8 Å². The minimum absolute atomic E-state index is 0.0112. The van der Waals surface area contributed by atoms with Crippen LogP contribution in [0.5, 0.6) is 0 Å². The van der Waals surface area contributed by atoms with Gasteiger partial charge in [-0.25, -0.2) is 4.98 Å². The number of nitrogens with one attached hydrogen (secondary N) is 2. The van der Waals surface area contributed by atoms with E-state index >= 15 is 0 Å². The third kappa shape index (κ3) is 3.91. The third-order valence-electron chi connectivity index (χ3n) is 3.70. The molecule has 1 aromatic heterocycles. The standard InChI is InChI=1S/C18H23N5O/c1-11-3-4-15(21)7-16(11)13-5-17(14(8-19)9-20)23-18(6-13)22-12(2)10-24/h3-9,12,19,24H,10,20-21H2,1-2H3,(H,22,23)/b14-9+,19-8?. The molecule has 2 rings (SSSR count).